The first-order valence-corrected chi connectivity index (χ1v) is 5.54. The molecule has 0 aromatic rings. The minimum atomic E-state index is -0.573. The second-order valence-electron chi connectivity index (χ2n) is 2.63. The van der Waals surface area contributed by atoms with Gasteiger partial charge < -0.3 is 0 Å². The first-order chi connectivity index (χ1) is 5.45. The summed E-state index contributed by atoms with van der Waals surface area (Å²) in [5.41, 5.74) is 0. The molecule has 0 N–H and O–H groups in total. The third kappa shape index (κ3) is 12.3. The zero-order valence-electron chi connectivity index (χ0n) is 8.50. The van der Waals surface area contributed by atoms with Gasteiger partial charge in [0.2, 0.25) is 0 Å². The lowest BCUT2D eigenvalue weighted by molar-refractivity contribution is 0.371. The summed E-state index contributed by atoms with van der Waals surface area (Å²) in [6, 6.07) is 2.13. The van der Waals surface area contributed by atoms with Crippen molar-refractivity contribution in [1.29, 1.82) is 5.26 Å². The maximum Gasteiger partial charge on any atom is 0.0944 e. The van der Waals surface area contributed by atoms with Gasteiger partial charge in [-0.15, -0.1) is 0 Å². The summed E-state index contributed by atoms with van der Waals surface area (Å²) in [5, 5.41) is 8.21. The van der Waals surface area contributed by atoms with E-state index < -0.39 is 10.8 Å². The highest BCUT2D eigenvalue weighted by Gasteiger charge is 1.97. The Labute approximate surface area is 77.8 Å². The molecule has 2 unspecified atom stereocenters. The molecule has 72 valence electrons. The third-order valence-electron chi connectivity index (χ3n) is 1.37. The highest BCUT2D eigenvalue weighted by atomic mass is 32.2. The van der Waals surface area contributed by atoms with Crippen LogP contribution in [0.3, 0.4) is 0 Å². The third-order valence-corrected chi connectivity index (χ3v) is 2.18. The van der Waals surface area contributed by atoms with E-state index in [-0.39, 0.29) is 6.04 Å². The van der Waals surface area contributed by atoms with Gasteiger partial charge in [-0.3, -0.25) is 9.11 Å². The lowest BCUT2D eigenvalue weighted by Crippen LogP contribution is -2.22. The van der Waals surface area contributed by atoms with E-state index in [2.05, 4.69) is 6.07 Å². The second kappa shape index (κ2) is 8.69. The molecule has 0 saturated heterocycles. The summed E-state index contributed by atoms with van der Waals surface area (Å²) in [5.74, 6) is 0.778. The van der Waals surface area contributed by atoms with E-state index in [4.69, 9.17) is 5.26 Å². The first-order valence-electron chi connectivity index (χ1n) is 3.81. The number of hydrogen-bond acceptors (Lipinski definition) is 3. The molecular formula is C8H18N2OS. The number of hydrogen-bond donors (Lipinski definition) is 0. The van der Waals surface area contributed by atoms with E-state index in [0.29, 0.717) is 0 Å². The van der Waals surface area contributed by atoms with E-state index in [1.54, 1.807) is 6.26 Å². The number of nitrogens with zero attached hydrogens (tertiary/aromatic N) is 2. The molecule has 3 nitrogen and oxygen atoms in total. The van der Waals surface area contributed by atoms with Crippen LogP contribution in [0.5, 0.6) is 0 Å². The van der Waals surface area contributed by atoms with Gasteiger partial charge in [-0.2, -0.15) is 5.26 Å². The molecule has 0 bridgehead atoms. The average molecular weight is 190 g/mol. The van der Waals surface area contributed by atoms with Crippen molar-refractivity contribution >= 4 is 10.8 Å². The van der Waals surface area contributed by atoms with Gasteiger partial charge >= 0.3 is 0 Å². The molecule has 0 heterocycles. The van der Waals surface area contributed by atoms with E-state index in [0.717, 1.165) is 5.75 Å². The van der Waals surface area contributed by atoms with Crippen LogP contribution in [0.4, 0.5) is 0 Å². The van der Waals surface area contributed by atoms with Crippen molar-refractivity contribution in [2.75, 3.05) is 26.1 Å². The van der Waals surface area contributed by atoms with Crippen LogP contribution in [0.25, 0.3) is 0 Å². The van der Waals surface area contributed by atoms with Crippen LogP contribution in [0.2, 0.25) is 0 Å². The highest BCUT2D eigenvalue weighted by molar-refractivity contribution is 7.84. The molecule has 0 rings (SSSR count). The van der Waals surface area contributed by atoms with Gasteiger partial charge in [-0.25, -0.2) is 0 Å². The highest BCUT2D eigenvalue weighted by Crippen LogP contribution is 1.84. The van der Waals surface area contributed by atoms with Gasteiger partial charge in [-0.1, -0.05) is 6.92 Å². The second-order valence-corrected chi connectivity index (χ2v) is 4.35. The zero-order chi connectivity index (χ0) is 10.1. The fourth-order valence-electron chi connectivity index (χ4n) is 0.115. The Morgan fingerprint density at radius 2 is 1.92 bits per heavy atom. The Balaban J connectivity index is 0. The van der Waals surface area contributed by atoms with E-state index >= 15 is 0 Å². The Hall–Kier alpha value is -0.400. The standard InChI is InChI=1S/C5H10N2.C3H8OS/c1-5(4-6)7(2)3;1-3-5(2)4/h5H,1-3H3;3H2,1-2H3. The minimum absolute atomic E-state index is 0.0417. The van der Waals surface area contributed by atoms with E-state index in [9.17, 15) is 4.21 Å². The van der Waals surface area contributed by atoms with Gasteiger partial charge in [0.1, 0.15) is 0 Å². The molecule has 0 saturated carbocycles. The van der Waals surface area contributed by atoms with E-state index in [1.165, 1.54) is 0 Å². The fraction of sp³-hybridized carbons (Fsp3) is 0.875. The Morgan fingerprint density at radius 1 is 1.58 bits per heavy atom. The quantitative estimate of drug-likeness (QED) is 0.648. The van der Waals surface area contributed by atoms with Crippen molar-refractivity contribution in [2.45, 2.75) is 19.9 Å². The summed E-state index contributed by atoms with van der Waals surface area (Å²) in [6.45, 7) is 3.76. The van der Waals surface area contributed by atoms with Crippen molar-refractivity contribution in [3.63, 3.8) is 0 Å². The van der Waals surface area contributed by atoms with Gasteiger partial charge in [0.25, 0.3) is 0 Å². The van der Waals surface area contributed by atoms with Crippen molar-refractivity contribution in [3.8, 4) is 6.07 Å². The van der Waals surface area contributed by atoms with Crippen LogP contribution in [0.1, 0.15) is 13.8 Å². The lowest BCUT2D eigenvalue weighted by atomic mass is 10.4. The monoisotopic (exact) mass is 190 g/mol. The van der Waals surface area contributed by atoms with E-state index in [1.807, 2.05) is 32.8 Å². The van der Waals surface area contributed by atoms with Gasteiger partial charge in [0.05, 0.1) is 12.1 Å². The SMILES string of the molecule is CC(C#N)N(C)C.CCS(C)=O. The predicted octanol–water partition coefficient (Wildman–Crippen LogP) is 0.845. The molecule has 4 heteroatoms. The number of nitriles is 1. The summed E-state index contributed by atoms with van der Waals surface area (Å²) in [7, 11) is 3.19. The summed E-state index contributed by atoms with van der Waals surface area (Å²) < 4.78 is 9.92. The largest absolute Gasteiger partial charge is 0.294 e. The Kier molecular flexibility index (Phi) is 10.2. The molecule has 12 heavy (non-hydrogen) atoms. The van der Waals surface area contributed by atoms with Crippen LogP contribution in [-0.2, 0) is 10.8 Å². The smallest absolute Gasteiger partial charge is 0.0944 e. The summed E-state index contributed by atoms with van der Waals surface area (Å²) in [6.07, 6.45) is 1.69. The van der Waals surface area contributed by atoms with Crippen LogP contribution in [0, 0.1) is 11.3 Å². The maximum absolute atomic E-state index is 9.92. The zero-order valence-corrected chi connectivity index (χ0v) is 9.31. The first kappa shape index (κ1) is 14.1. The summed E-state index contributed by atoms with van der Waals surface area (Å²) in [4.78, 5) is 1.86. The van der Waals surface area contributed by atoms with Crippen LogP contribution in [0.15, 0.2) is 0 Å². The molecule has 0 amide bonds. The molecule has 2 atom stereocenters. The Morgan fingerprint density at radius 3 is 1.92 bits per heavy atom. The van der Waals surface area contributed by atoms with Gasteiger partial charge in [0, 0.05) is 22.8 Å². The molecule has 0 aliphatic carbocycles. The van der Waals surface area contributed by atoms with Crippen molar-refractivity contribution in [2.24, 2.45) is 0 Å². The molecular weight excluding hydrogens is 172 g/mol. The topological polar surface area (TPSA) is 44.1 Å². The normalized spacial score (nSPS) is 14.1. The van der Waals surface area contributed by atoms with Crippen LogP contribution < -0.4 is 0 Å². The van der Waals surface area contributed by atoms with Crippen molar-refractivity contribution in [1.82, 2.24) is 4.90 Å². The molecule has 0 radical (unpaired) electrons. The molecule has 0 aromatic carbocycles. The molecule has 0 aromatic heterocycles. The predicted molar refractivity (Wildman–Crippen MR) is 53.4 cm³/mol. The summed E-state index contributed by atoms with van der Waals surface area (Å²) >= 11 is 0. The number of rotatable bonds is 2. The van der Waals surface area contributed by atoms with Crippen molar-refractivity contribution < 1.29 is 4.21 Å². The molecule has 0 spiro atoms. The molecule has 0 aliphatic heterocycles. The van der Waals surface area contributed by atoms with Crippen LogP contribution >= 0.6 is 0 Å². The van der Waals surface area contributed by atoms with Gasteiger partial charge in [0.15, 0.2) is 0 Å². The Bertz CT molecular complexity index is 163. The van der Waals surface area contributed by atoms with Crippen LogP contribution in [-0.4, -0.2) is 41.3 Å². The average Bonchev–Trinajstić information content (AvgIpc) is 2.04. The molecule has 0 fully saturated rings. The minimum Gasteiger partial charge on any atom is -0.294 e. The maximum atomic E-state index is 9.92. The lowest BCUT2D eigenvalue weighted by Gasteiger charge is -2.09. The fourth-order valence-corrected chi connectivity index (χ4v) is 0.115. The van der Waals surface area contributed by atoms with Gasteiger partial charge in [-0.05, 0) is 21.0 Å². The van der Waals surface area contributed by atoms with Crippen molar-refractivity contribution in [3.05, 3.63) is 0 Å². The molecule has 0 aliphatic rings.